The Hall–Kier alpha value is -3.51. The molecule has 0 aromatic heterocycles. The minimum Gasteiger partial charge on any atom is -1.00 e. The normalized spacial score (nSPS) is 10.6. The molecule has 0 heterocycles. The Morgan fingerprint density at radius 3 is 1.56 bits per heavy atom. The third-order valence-corrected chi connectivity index (χ3v) is 7.18. The van der Waals surface area contributed by atoms with Gasteiger partial charge in [0.15, 0.2) is 5.52 Å². The summed E-state index contributed by atoms with van der Waals surface area (Å²) in [5, 5.41) is 1.03. The molecule has 0 saturated heterocycles. The molecule has 1 atom stereocenters. The maximum absolute atomic E-state index is 13.6. The van der Waals surface area contributed by atoms with E-state index in [1.54, 1.807) is 18.2 Å². The molecule has 5 rings (SSSR count). The fourth-order valence-corrected chi connectivity index (χ4v) is 5.42. The molecule has 0 bridgehead atoms. The molecule has 0 aliphatic carbocycles. The van der Waals surface area contributed by atoms with Crippen molar-refractivity contribution in [2.75, 3.05) is 0 Å². The van der Waals surface area contributed by atoms with Crippen LogP contribution in [0.5, 0.6) is 34.5 Å². The molecule has 39 heavy (non-hydrogen) atoms. The van der Waals surface area contributed by atoms with E-state index in [2.05, 4.69) is 0 Å². The van der Waals surface area contributed by atoms with E-state index in [1.165, 1.54) is 0 Å². The zero-order valence-corrected chi connectivity index (χ0v) is 23.3. The summed E-state index contributed by atoms with van der Waals surface area (Å²) in [4.78, 5) is 13.6. The molecule has 5 aromatic rings. The molecular weight excluding hydrogens is 522 g/mol. The Labute approximate surface area is 248 Å². The molecule has 0 N–H and O–H groups in total. The second-order valence-corrected chi connectivity index (χ2v) is 10.0. The predicted molar refractivity (Wildman–Crippen MR) is 156 cm³/mol. The van der Waals surface area contributed by atoms with Crippen LogP contribution in [-0.4, -0.2) is 5.52 Å². The van der Waals surface area contributed by atoms with Crippen molar-refractivity contribution in [3.63, 3.8) is 0 Å². The number of rotatable bonds is 9. The molecule has 0 saturated carbocycles. The molecule has 0 aliphatic heterocycles. The summed E-state index contributed by atoms with van der Waals surface area (Å²) >= 11 is 6.45. The van der Waals surface area contributed by atoms with Crippen LogP contribution in [0, 0.1) is 6.92 Å². The number of hydrogen-bond donors (Lipinski definition) is 0. The molecule has 0 spiro atoms. The number of aryl methyl sites for hydroxylation is 1. The molecule has 0 radical (unpaired) electrons. The zero-order chi connectivity index (χ0) is 26.3. The van der Waals surface area contributed by atoms with E-state index in [9.17, 15) is 4.79 Å². The number of carbonyl (C=O) groups is 1. The van der Waals surface area contributed by atoms with Gasteiger partial charge in [-0.2, -0.15) is 0 Å². The van der Waals surface area contributed by atoms with E-state index in [0.29, 0.717) is 50.4 Å². The average molecular weight is 547 g/mol. The van der Waals surface area contributed by atoms with E-state index in [1.807, 2.05) is 110 Å². The van der Waals surface area contributed by atoms with E-state index in [4.69, 9.17) is 25.8 Å². The minimum atomic E-state index is -0.315. The van der Waals surface area contributed by atoms with Gasteiger partial charge in [0, 0.05) is 17.7 Å². The SMILES string of the molecule is Cc1cccc(Cl)c1C(=O)Pc1c(Oc2ccccc2)cc(Oc2ccccc2)cc1Oc1ccccc1.[H-].[Li+]. The quantitative estimate of drug-likeness (QED) is 0.161. The average Bonchev–Trinajstić information content (AvgIpc) is 2.92. The van der Waals surface area contributed by atoms with Gasteiger partial charge in [-0.05, 0) is 63.5 Å². The number of benzene rings is 5. The first-order valence-electron chi connectivity index (χ1n) is 12.0. The molecule has 5 aromatic carbocycles. The monoisotopic (exact) mass is 546 g/mol. The summed E-state index contributed by atoms with van der Waals surface area (Å²) in [5.74, 6) is 3.37. The summed E-state index contributed by atoms with van der Waals surface area (Å²) < 4.78 is 18.8. The summed E-state index contributed by atoms with van der Waals surface area (Å²) in [5.41, 5.74) is 1.20. The van der Waals surface area contributed by atoms with Gasteiger partial charge in [0.1, 0.15) is 34.5 Å². The van der Waals surface area contributed by atoms with Crippen LogP contribution >= 0.6 is 20.2 Å². The second kappa shape index (κ2) is 13.5. The van der Waals surface area contributed by atoms with Crippen molar-refractivity contribution in [3.05, 3.63) is 137 Å². The van der Waals surface area contributed by atoms with Gasteiger partial charge in [-0.1, -0.05) is 78.3 Å². The summed E-state index contributed by atoms with van der Waals surface area (Å²) in [7, 11) is -0.315. The van der Waals surface area contributed by atoms with Crippen LogP contribution in [0.4, 0.5) is 0 Å². The summed E-state index contributed by atoms with van der Waals surface area (Å²) in [6.45, 7) is 1.88. The number of hydrogen-bond acceptors (Lipinski definition) is 4. The van der Waals surface area contributed by atoms with Gasteiger partial charge in [0.2, 0.25) is 0 Å². The van der Waals surface area contributed by atoms with Crippen LogP contribution in [0.2, 0.25) is 5.02 Å². The summed E-state index contributed by atoms with van der Waals surface area (Å²) in [6.07, 6.45) is 0. The smallest absolute Gasteiger partial charge is 1.00 e. The van der Waals surface area contributed by atoms with Gasteiger partial charge in [-0.15, -0.1) is 0 Å². The molecular formula is C32H25ClLiO4P. The predicted octanol–water partition coefficient (Wildman–Crippen LogP) is 6.29. The first-order chi connectivity index (χ1) is 18.6. The van der Waals surface area contributed by atoms with Gasteiger partial charge < -0.3 is 15.6 Å². The topological polar surface area (TPSA) is 44.8 Å². The molecule has 4 nitrogen and oxygen atoms in total. The van der Waals surface area contributed by atoms with Crippen LogP contribution in [-0.2, 0) is 0 Å². The molecule has 0 aliphatic rings. The molecule has 1 unspecified atom stereocenters. The number of carbonyl (C=O) groups excluding carboxylic acids is 1. The van der Waals surface area contributed by atoms with E-state index in [-0.39, 0.29) is 34.4 Å². The number of halogens is 1. The van der Waals surface area contributed by atoms with Crippen molar-refractivity contribution >= 4 is 31.0 Å². The fraction of sp³-hybridized carbons (Fsp3) is 0.0312. The van der Waals surface area contributed by atoms with Crippen LogP contribution < -0.4 is 38.4 Å². The van der Waals surface area contributed by atoms with Crippen LogP contribution in [0.1, 0.15) is 17.3 Å². The maximum Gasteiger partial charge on any atom is 1.00 e. The van der Waals surface area contributed by atoms with Crippen LogP contribution in [0.25, 0.3) is 0 Å². The van der Waals surface area contributed by atoms with Gasteiger partial charge in [0.25, 0.3) is 0 Å². The Kier molecular flexibility index (Phi) is 9.88. The molecule has 0 amide bonds. The maximum atomic E-state index is 13.6. The van der Waals surface area contributed by atoms with E-state index >= 15 is 0 Å². The number of ether oxygens (including phenoxy) is 3. The summed E-state index contributed by atoms with van der Waals surface area (Å²) in [6, 6.07) is 37.3. The Morgan fingerprint density at radius 1 is 0.641 bits per heavy atom. The Balaban J connectivity index is 0.00000220. The minimum absolute atomic E-state index is 0. The van der Waals surface area contributed by atoms with Crippen molar-refractivity contribution in [3.8, 4) is 34.5 Å². The zero-order valence-electron chi connectivity index (χ0n) is 22.6. The number of para-hydroxylation sites is 3. The largest absolute Gasteiger partial charge is 1.00 e. The Bertz CT molecular complexity index is 1470. The first kappa shape index (κ1) is 28.5. The van der Waals surface area contributed by atoms with E-state index < -0.39 is 0 Å². The fourth-order valence-electron chi connectivity index (χ4n) is 3.86. The van der Waals surface area contributed by atoms with Gasteiger partial charge in [0.05, 0.1) is 10.3 Å². The second-order valence-electron chi connectivity index (χ2n) is 8.43. The standard InChI is InChI=1S/C32H24ClO4P.Li.H/c1-22-12-11-19-27(33)30(22)32(34)38-31-28(36-24-15-7-3-8-16-24)20-26(35-23-13-5-2-6-14-23)21-29(31)37-25-17-9-4-10-18-25;;/h2-21,38H,1H3;;/q;+1;-1. The van der Waals surface area contributed by atoms with Crippen molar-refractivity contribution < 1.29 is 39.3 Å². The molecule has 7 heteroatoms. The van der Waals surface area contributed by atoms with Crippen LogP contribution in [0.3, 0.4) is 0 Å². The van der Waals surface area contributed by atoms with Crippen molar-refractivity contribution in [1.82, 2.24) is 0 Å². The van der Waals surface area contributed by atoms with Gasteiger partial charge in [-0.3, -0.25) is 4.79 Å². The van der Waals surface area contributed by atoms with Gasteiger partial charge in [-0.25, -0.2) is 0 Å². The third-order valence-electron chi connectivity index (χ3n) is 5.65. The van der Waals surface area contributed by atoms with Crippen molar-refractivity contribution in [1.29, 1.82) is 0 Å². The van der Waals surface area contributed by atoms with Crippen LogP contribution in [0.15, 0.2) is 121 Å². The van der Waals surface area contributed by atoms with Gasteiger partial charge >= 0.3 is 18.9 Å². The van der Waals surface area contributed by atoms with Crippen molar-refractivity contribution in [2.45, 2.75) is 6.92 Å². The third kappa shape index (κ3) is 7.33. The molecule has 190 valence electrons. The first-order valence-corrected chi connectivity index (χ1v) is 13.4. The molecule has 0 fully saturated rings. The Morgan fingerprint density at radius 2 is 1.10 bits per heavy atom. The van der Waals surface area contributed by atoms with Crippen molar-refractivity contribution in [2.24, 2.45) is 0 Å². The van der Waals surface area contributed by atoms with E-state index in [0.717, 1.165) is 5.56 Å².